The minimum atomic E-state index is 0. The van der Waals surface area contributed by atoms with Gasteiger partial charge in [0, 0.05) is 24.3 Å². The van der Waals surface area contributed by atoms with E-state index in [-0.39, 0.29) is 18.3 Å². The summed E-state index contributed by atoms with van der Waals surface area (Å²) in [6.07, 6.45) is 6.52. The molecule has 0 spiro atoms. The molecule has 27 heavy (non-hydrogen) atoms. The SMILES string of the molecule is CNCCC1CCN(C(=O)c2nn(-c3ccccc3)c3c2CCC3)CC1.Cl. The van der Waals surface area contributed by atoms with Crippen LogP contribution in [0, 0.1) is 5.92 Å². The number of halogens is 1. The topological polar surface area (TPSA) is 50.2 Å². The number of aromatic nitrogens is 2. The molecule has 4 rings (SSSR count). The molecule has 1 aliphatic carbocycles. The molecular formula is C21H29ClN4O. The van der Waals surface area contributed by atoms with E-state index >= 15 is 0 Å². The summed E-state index contributed by atoms with van der Waals surface area (Å²) in [7, 11) is 2.00. The highest BCUT2D eigenvalue weighted by Gasteiger charge is 2.31. The first-order chi connectivity index (χ1) is 12.8. The van der Waals surface area contributed by atoms with Crippen LogP contribution < -0.4 is 5.32 Å². The summed E-state index contributed by atoms with van der Waals surface area (Å²) in [6.45, 7) is 2.79. The summed E-state index contributed by atoms with van der Waals surface area (Å²) in [4.78, 5) is 15.2. The number of hydrogen-bond donors (Lipinski definition) is 1. The fourth-order valence-electron chi connectivity index (χ4n) is 4.31. The molecule has 2 aromatic rings. The Bertz CT molecular complexity index is 766. The second-order valence-electron chi connectivity index (χ2n) is 7.50. The van der Waals surface area contributed by atoms with E-state index in [9.17, 15) is 4.79 Å². The maximum absolute atomic E-state index is 13.2. The number of carbonyl (C=O) groups excluding carboxylic acids is 1. The molecule has 0 atom stereocenters. The van der Waals surface area contributed by atoms with E-state index in [1.54, 1.807) is 0 Å². The number of nitrogens with one attached hydrogen (secondary N) is 1. The van der Waals surface area contributed by atoms with Crippen molar-refractivity contribution in [2.45, 2.75) is 38.5 Å². The van der Waals surface area contributed by atoms with Crippen molar-refractivity contribution in [2.75, 3.05) is 26.7 Å². The molecule has 1 amide bonds. The van der Waals surface area contributed by atoms with E-state index in [1.165, 1.54) is 17.7 Å². The molecule has 1 aliphatic heterocycles. The van der Waals surface area contributed by atoms with Gasteiger partial charge in [0.15, 0.2) is 5.69 Å². The highest BCUT2D eigenvalue weighted by Crippen LogP contribution is 2.29. The average molecular weight is 389 g/mol. The van der Waals surface area contributed by atoms with E-state index in [2.05, 4.69) is 17.4 Å². The molecule has 2 heterocycles. The largest absolute Gasteiger partial charge is 0.337 e. The summed E-state index contributed by atoms with van der Waals surface area (Å²) in [5.41, 5.74) is 4.14. The van der Waals surface area contributed by atoms with Crippen LogP contribution in [-0.4, -0.2) is 47.3 Å². The van der Waals surface area contributed by atoms with Gasteiger partial charge in [0.2, 0.25) is 0 Å². The monoisotopic (exact) mass is 388 g/mol. The van der Waals surface area contributed by atoms with Gasteiger partial charge in [0.1, 0.15) is 0 Å². The van der Waals surface area contributed by atoms with E-state index in [1.807, 2.05) is 34.8 Å². The number of amides is 1. The first-order valence-electron chi connectivity index (χ1n) is 9.88. The van der Waals surface area contributed by atoms with Gasteiger partial charge in [-0.15, -0.1) is 12.4 Å². The molecule has 1 saturated heterocycles. The molecule has 1 fully saturated rings. The minimum absolute atomic E-state index is 0. The van der Waals surface area contributed by atoms with Gasteiger partial charge in [-0.3, -0.25) is 4.79 Å². The molecule has 146 valence electrons. The smallest absolute Gasteiger partial charge is 0.274 e. The van der Waals surface area contributed by atoms with E-state index in [4.69, 9.17) is 5.10 Å². The van der Waals surface area contributed by atoms with Crippen LogP contribution in [0.5, 0.6) is 0 Å². The fourth-order valence-corrected chi connectivity index (χ4v) is 4.31. The second-order valence-corrected chi connectivity index (χ2v) is 7.50. The third kappa shape index (κ3) is 4.04. The summed E-state index contributed by atoms with van der Waals surface area (Å²) < 4.78 is 2.00. The summed E-state index contributed by atoms with van der Waals surface area (Å²) in [5, 5.41) is 7.99. The molecule has 2 aliphatic rings. The van der Waals surface area contributed by atoms with Crippen LogP contribution in [0.2, 0.25) is 0 Å². The zero-order chi connectivity index (χ0) is 17.9. The maximum atomic E-state index is 13.2. The predicted molar refractivity (Wildman–Crippen MR) is 110 cm³/mol. The summed E-state index contributed by atoms with van der Waals surface area (Å²) in [6, 6.07) is 10.2. The zero-order valence-corrected chi connectivity index (χ0v) is 16.8. The van der Waals surface area contributed by atoms with Crippen molar-refractivity contribution in [3.8, 4) is 5.69 Å². The lowest BCUT2D eigenvalue weighted by Gasteiger charge is -2.31. The van der Waals surface area contributed by atoms with Gasteiger partial charge in [-0.2, -0.15) is 5.10 Å². The van der Waals surface area contributed by atoms with Crippen molar-refractivity contribution in [3.05, 3.63) is 47.3 Å². The van der Waals surface area contributed by atoms with Gasteiger partial charge < -0.3 is 10.2 Å². The standard InChI is InChI=1S/C21H28N4O.ClH/c1-22-13-10-16-11-14-24(15-12-16)21(26)20-18-8-5-9-19(18)25(23-20)17-6-3-2-4-7-17;/h2-4,6-7,16,22H,5,8-15H2,1H3;1H. The van der Waals surface area contributed by atoms with Gasteiger partial charge >= 0.3 is 0 Å². The quantitative estimate of drug-likeness (QED) is 0.855. The average Bonchev–Trinajstić information content (AvgIpc) is 3.29. The lowest BCUT2D eigenvalue weighted by atomic mass is 9.93. The number of likely N-dealkylation sites (tertiary alicyclic amines) is 1. The number of nitrogens with zero attached hydrogens (tertiary/aromatic N) is 3. The van der Waals surface area contributed by atoms with Gasteiger partial charge in [-0.1, -0.05) is 18.2 Å². The van der Waals surface area contributed by atoms with Crippen molar-refractivity contribution in [1.29, 1.82) is 0 Å². The highest BCUT2D eigenvalue weighted by atomic mass is 35.5. The molecule has 1 N–H and O–H groups in total. The Morgan fingerprint density at radius 2 is 1.93 bits per heavy atom. The molecule has 0 saturated carbocycles. The molecule has 1 aromatic heterocycles. The molecule has 0 radical (unpaired) electrons. The molecule has 6 heteroatoms. The Labute approximate surface area is 167 Å². The van der Waals surface area contributed by atoms with Gasteiger partial charge in [0.25, 0.3) is 5.91 Å². The summed E-state index contributed by atoms with van der Waals surface area (Å²) >= 11 is 0. The summed E-state index contributed by atoms with van der Waals surface area (Å²) in [5.74, 6) is 0.865. The van der Waals surface area contributed by atoms with E-state index in [0.717, 1.165) is 63.3 Å². The Morgan fingerprint density at radius 3 is 2.63 bits per heavy atom. The third-order valence-electron chi connectivity index (χ3n) is 5.84. The maximum Gasteiger partial charge on any atom is 0.274 e. The number of fused-ring (bicyclic) bond motifs is 1. The number of carbonyl (C=O) groups is 1. The van der Waals surface area contributed by atoms with Gasteiger partial charge in [-0.05, 0) is 70.2 Å². The Hall–Kier alpha value is -1.85. The van der Waals surface area contributed by atoms with Crippen LogP contribution >= 0.6 is 12.4 Å². The number of rotatable bonds is 5. The second kappa shape index (κ2) is 8.89. The number of piperidine rings is 1. The van der Waals surface area contributed by atoms with Crippen LogP contribution in [0.3, 0.4) is 0 Å². The molecule has 5 nitrogen and oxygen atoms in total. The fraction of sp³-hybridized carbons (Fsp3) is 0.524. The van der Waals surface area contributed by atoms with Gasteiger partial charge in [-0.25, -0.2) is 4.68 Å². The molecule has 0 unspecified atom stereocenters. The van der Waals surface area contributed by atoms with Crippen molar-refractivity contribution in [3.63, 3.8) is 0 Å². The van der Waals surface area contributed by atoms with Crippen molar-refractivity contribution < 1.29 is 4.79 Å². The van der Waals surface area contributed by atoms with Crippen LogP contribution in [0.4, 0.5) is 0 Å². The number of benzene rings is 1. The van der Waals surface area contributed by atoms with Crippen molar-refractivity contribution in [2.24, 2.45) is 5.92 Å². The Kier molecular flexibility index (Phi) is 6.55. The Morgan fingerprint density at radius 1 is 1.19 bits per heavy atom. The van der Waals surface area contributed by atoms with Crippen LogP contribution in [-0.2, 0) is 12.8 Å². The van der Waals surface area contributed by atoms with Gasteiger partial charge in [0.05, 0.1) is 5.69 Å². The number of hydrogen-bond acceptors (Lipinski definition) is 3. The molecule has 0 bridgehead atoms. The van der Waals surface area contributed by atoms with E-state index in [0.29, 0.717) is 5.69 Å². The molecular weight excluding hydrogens is 360 g/mol. The highest BCUT2D eigenvalue weighted by molar-refractivity contribution is 5.94. The lowest BCUT2D eigenvalue weighted by molar-refractivity contribution is 0.0679. The third-order valence-corrected chi connectivity index (χ3v) is 5.84. The predicted octanol–water partition coefficient (Wildman–Crippen LogP) is 3.24. The lowest BCUT2D eigenvalue weighted by Crippen LogP contribution is -2.39. The van der Waals surface area contributed by atoms with Crippen LogP contribution in [0.25, 0.3) is 5.69 Å². The first-order valence-corrected chi connectivity index (χ1v) is 9.88. The zero-order valence-electron chi connectivity index (χ0n) is 16.0. The van der Waals surface area contributed by atoms with Crippen LogP contribution in [0.1, 0.15) is 47.4 Å². The molecule has 1 aromatic carbocycles. The normalized spacial score (nSPS) is 16.9. The number of para-hydroxylation sites is 1. The first kappa shape index (κ1) is 19.9. The minimum Gasteiger partial charge on any atom is -0.337 e. The van der Waals surface area contributed by atoms with Crippen LogP contribution in [0.15, 0.2) is 30.3 Å². The Balaban J connectivity index is 0.00000210. The van der Waals surface area contributed by atoms with E-state index < -0.39 is 0 Å². The van der Waals surface area contributed by atoms with Crippen molar-refractivity contribution in [1.82, 2.24) is 20.0 Å². The van der Waals surface area contributed by atoms with Crippen molar-refractivity contribution >= 4 is 18.3 Å².